The minimum absolute atomic E-state index is 0. The Labute approximate surface area is 86.1 Å². The third-order valence-electron chi connectivity index (χ3n) is 0.366. The quantitative estimate of drug-likeness (QED) is 0.364. The van der Waals surface area contributed by atoms with Crippen LogP contribution in [0.4, 0.5) is 13.2 Å². The lowest BCUT2D eigenvalue weighted by Crippen LogP contribution is -3.00. The third kappa shape index (κ3) is 3.52. The largest absolute Gasteiger partial charge is 0.523 e. The Hall–Kier alpha value is 1.16. The van der Waals surface area contributed by atoms with Crippen LogP contribution in [0.3, 0.4) is 0 Å². The molecule has 0 aromatic carbocycles. The molecule has 0 amide bonds. The number of hydrogen-bond donors (Lipinski definition) is 0. The lowest BCUT2D eigenvalue weighted by atomic mass is 11.6. The average molecular weight is 405 g/mol. The predicted molar refractivity (Wildman–Crippen MR) is 32.9 cm³/mol. The van der Waals surface area contributed by atoms with Crippen molar-refractivity contribution in [2.24, 2.45) is 0 Å². The Balaban J connectivity index is 0. The van der Waals surface area contributed by atoms with Crippen molar-refractivity contribution in [1.29, 1.82) is 0 Å². The van der Waals surface area contributed by atoms with Crippen LogP contribution in [0.1, 0.15) is 0 Å². The lowest BCUT2D eigenvalue weighted by Gasteiger charge is -2.01. The van der Waals surface area contributed by atoms with Gasteiger partial charge in [-0.3, -0.25) is 0 Å². The van der Waals surface area contributed by atoms with Crippen molar-refractivity contribution < 1.29 is 48.1 Å². The van der Waals surface area contributed by atoms with Crippen molar-refractivity contribution in [3.63, 3.8) is 0 Å². The Morgan fingerprint density at radius 2 is 1.60 bits per heavy atom. The van der Waals surface area contributed by atoms with Gasteiger partial charge in [-0.25, -0.2) is 0 Å². The predicted octanol–water partition coefficient (Wildman–Crippen LogP) is -2.33. The van der Waals surface area contributed by atoms with Crippen molar-refractivity contribution in [2.45, 2.75) is 5.51 Å². The fourth-order valence-electron chi connectivity index (χ4n) is 0.0357. The molecule has 0 bridgehead atoms. The highest BCUT2D eigenvalue weighted by molar-refractivity contribution is 14.1. The van der Waals surface area contributed by atoms with E-state index in [0.29, 0.717) is 23.0 Å². The van der Waals surface area contributed by atoms with Gasteiger partial charge in [-0.15, -0.1) is 0 Å². The van der Waals surface area contributed by atoms with Gasteiger partial charge in [0, 0.05) is 0 Å². The minimum Gasteiger partial charge on any atom is -0.192 e. The van der Waals surface area contributed by atoms with Gasteiger partial charge in [-0.05, 0) is 0 Å². The third-order valence-corrected chi connectivity index (χ3v) is 2.52. The van der Waals surface area contributed by atoms with Gasteiger partial charge in [0.1, 0.15) is 23.0 Å². The first-order valence-electron chi connectivity index (χ1n) is 1.43. The van der Waals surface area contributed by atoms with Crippen molar-refractivity contribution in [3.8, 4) is 0 Å². The van der Waals surface area contributed by atoms with Crippen LogP contribution in [0.5, 0.6) is 0 Å². The SMILES string of the molecule is O=S(=O)(OI)C(F)(F)F.[IH2+]. The second kappa shape index (κ2) is 4.25. The zero-order valence-electron chi connectivity index (χ0n) is 4.09. The van der Waals surface area contributed by atoms with E-state index >= 15 is 0 Å². The van der Waals surface area contributed by atoms with E-state index in [1.165, 1.54) is 0 Å². The highest BCUT2D eigenvalue weighted by atomic mass is 127. The summed E-state index contributed by atoms with van der Waals surface area (Å²) in [4.78, 5) is 0. The summed E-state index contributed by atoms with van der Waals surface area (Å²) < 4.78 is 55.8. The highest BCUT2D eigenvalue weighted by Crippen LogP contribution is 2.25. The highest BCUT2D eigenvalue weighted by Gasteiger charge is 2.47. The van der Waals surface area contributed by atoms with Crippen LogP contribution >= 0.6 is 23.0 Å². The van der Waals surface area contributed by atoms with E-state index in [0.717, 1.165) is 0 Å². The summed E-state index contributed by atoms with van der Waals surface area (Å²) >= 11 is 0.647. The first kappa shape index (κ1) is 13.7. The van der Waals surface area contributed by atoms with Crippen LogP contribution in [0, 0.1) is 0 Å². The second-order valence-corrected chi connectivity index (χ2v) is 3.54. The molecule has 0 unspecified atom stereocenters. The monoisotopic (exact) mass is 405 g/mol. The topological polar surface area (TPSA) is 43.4 Å². The van der Waals surface area contributed by atoms with Crippen LogP contribution in [0.25, 0.3) is 0 Å². The second-order valence-electron chi connectivity index (χ2n) is 0.963. The maximum atomic E-state index is 11.1. The maximum absolute atomic E-state index is 11.1. The summed E-state index contributed by atoms with van der Waals surface area (Å²) in [6, 6.07) is 0. The molecule has 0 saturated carbocycles. The maximum Gasteiger partial charge on any atom is 0.523 e. The summed E-state index contributed by atoms with van der Waals surface area (Å²) in [5.74, 6) is 0. The molecule has 0 rings (SSSR count). The van der Waals surface area contributed by atoms with Crippen molar-refractivity contribution >= 4 is 33.1 Å². The molecule has 3 nitrogen and oxygen atoms in total. The van der Waals surface area contributed by atoms with Crippen molar-refractivity contribution in [3.05, 3.63) is 0 Å². The van der Waals surface area contributed by atoms with Crippen LogP contribution in [-0.2, 0) is 12.6 Å². The van der Waals surface area contributed by atoms with Crippen LogP contribution in [-0.4, -0.2) is 13.9 Å². The van der Waals surface area contributed by atoms with Gasteiger partial charge in [-0.1, -0.05) is 0 Å². The molecule has 0 radical (unpaired) electrons. The van der Waals surface area contributed by atoms with E-state index in [4.69, 9.17) is 0 Å². The molecule has 0 aliphatic heterocycles. The van der Waals surface area contributed by atoms with E-state index in [2.05, 4.69) is 2.51 Å². The summed E-state index contributed by atoms with van der Waals surface area (Å²) in [6.07, 6.45) is 0. The van der Waals surface area contributed by atoms with E-state index in [1.54, 1.807) is 0 Å². The van der Waals surface area contributed by atoms with Gasteiger partial charge in [-0.2, -0.15) is 24.1 Å². The normalized spacial score (nSPS) is 12.4. The van der Waals surface area contributed by atoms with Crippen LogP contribution in [0.2, 0.25) is 0 Å². The molecule has 0 saturated heterocycles. The molecule has 0 fully saturated rings. The smallest absolute Gasteiger partial charge is 0.192 e. The fourth-order valence-corrected chi connectivity index (χ4v) is 0.719. The number of hydrogen-bond acceptors (Lipinski definition) is 3. The van der Waals surface area contributed by atoms with Crippen molar-refractivity contribution in [2.75, 3.05) is 0 Å². The number of halogens is 5. The first-order valence-corrected chi connectivity index (χ1v) is 3.71. The molecule has 0 aliphatic carbocycles. The van der Waals surface area contributed by atoms with Gasteiger partial charge in [0.25, 0.3) is 0 Å². The standard InChI is InChI=1S/CF3IO3S.H2I/c2-1(3,4)9(6,7)8-5;/h;1H2/q;+1. The van der Waals surface area contributed by atoms with E-state index in [9.17, 15) is 21.6 Å². The van der Waals surface area contributed by atoms with Gasteiger partial charge in [0.05, 0.1) is 0 Å². The zero-order chi connectivity index (χ0) is 7.71. The Morgan fingerprint density at radius 1 is 1.30 bits per heavy atom. The summed E-state index contributed by atoms with van der Waals surface area (Å²) in [5, 5.41) is 0. The molecule has 64 valence electrons. The van der Waals surface area contributed by atoms with Gasteiger partial charge in [0.15, 0.2) is 0 Å². The molecule has 10 heavy (non-hydrogen) atoms. The first-order chi connectivity index (χ1) is 3.81. The van der Waals surface area contributed by atoms with E-state index < -0.39 is 15.6 Å². The molecule has 0 aromatic heterocycles. The average Bonchev–Trinajstić information content (AvgIpc) is 1.64. The number of alkyl halides is 3. The van der Waals surface area contributed by atoms with E-state index in [-0.39, 0.29) is 24.0 Å². The van der Waals surface area contributed by atoms with Crippen LogP contribution in [0.15, 0.2) is 0 Å². The molecule has 9 heteroatoms. The molecular weight excluding hydrogens is 403 g/mol. The van der Waals surface area contributed by atoms with E-state index in [1.807, 2.05) is 0 Å². The Kier molecular flexibility index (Phi) is 5.84. The fraction of sp³-hybridized carbons (Fsp3) is 1.00. The molecular formula is CH2F3I2O3S+. The molecule has 0 aromatic rings. The molecule has 0 spiro atoms. The van der Waals surface area contributed by atoms with Gasteiger partial charge < -0.3 is 0 Å². The summed E-state index contributed by atoms with van der Waals surface area (Å²) in [7, 11) is -5.35. The van der Waals surface area contributed by atoms with Gasteiger partial charge in [0.2, 0.25) is 24.0 Å². The molecule has 0 N–H and O–H groups in total. The zero-order valence-corrected chi connectivity index (χ0v) is 9.62. The summed E-state index contributed by atoms with van der Waals surface area (Å²) in [5.41, 5.74) is -5.31. The summed E-state index contributed by atoms with van der Waals surface area (Å²) in [6.45, 7) is 0. The Morgan fingerprint density at radius 3 is 1.60 bits per heavy atom. The minimum atomic E-state index is -5.35. The number of rotatable bonds is 1. The molecule has 0 atom stereocenters. The van der Waals surface area contributed by atoms with Crippen molar-refractivity contribution in [1.82, 2.24) is 0 Å². The van der Waals surface area contributed by atoms with Crippen LogP contribution < -0.4 is 24.0 Å². The molecule has 0 heterocycles. The van der Waals surface area contributed by atoms with Gasteiger partial charge >= 0.3 is 15.6 Å². The molecule has 0 aliphatic rings. The lowest BCUT2D eigenvalue weighted by molar-refractivity contribution is -0.0487. The Bertz CT molecular complexity index is 182.